The molecule has 0 unspecified atom stereocenters. The zero-order valence-corrected chi connectivity index (χ0v) is 12.1. The van der Waals surface area contributed by atoms with Crippen LogP contribution in [0.4, 0.5) is 21.5 Å². The number of nitrogen functional groups attached to an aromatic ring is 1. The van der Waals surface area contributed by atoms with Gasteiger partial charge in [0.15, 0.2) is 0 Å². The van der Waals surface area contributed by atoms with Gasteiger partial charge in [-0.1, -0.05) is 0 Å². The SMILES string of the molecule is Nc1ccc(C(=O)Nc2cc(F)cc([N+](=O)[O-])c2)cc1Br. The highest BCUT2D eigenvalue weighted by molar-refractivity contribution is 9.10. The third-order valence-corrected chi connectivity index (χ3v) is 3.30. The van der Waals surface area contributed by atoms with Crippen LogP contribution in [0.5, 0.6) is 0 Å². The molecule has 0 aliphatic heterocycles. The summed E-state index contributed by atoms with van der Waals surface area (Å²) < 4.78 is 13.8. The summed E-state index contributed by atoms with van der Waals surface area (Å²) >= 11 is 3.19. The number of carbonyl (C=O) groups is 1. The maximum Gasteiger partial charge on any atom is 0.274 e. The maximum atomic E-state index is 13.3. The molecule has 0 aliphatic rings. The third kappa shape index (κ3) is 3.54. The minimum absolute atomic E-state index is 0.000326. The molecule has 0 spiro atoms. The minimum Gasteiger partial charge on any atom is -0.398 e. The van der Waals surface area contributed by atoms with Crippen LogP contribution in [0.25, 0.3) is 0 Å². The molecule has 108 valence electrons. The molecule has 0 bridgehead atoms. The van der Waals surface area contributed by atoms with E-state index in [4.69, 9.17) is 5.73 Å². The average Bonchev–Trinajstić information content (AvgIpc) is 2.41. The third-order valence-electron chi connectivity index (χ3n) is 2.61. The Bertz CT molecular complexity index is 737. The normalized spacial score (nSPS) is 10.2. The molecular formula is C13H9BrFN3O3. The van der Waals surface area contributed by atoms with Crippen molar-refractivity contribution in [3.8, 4) is 0 Å². The molecule has 0 saturated heterocycles. The molecule has 8 heteroatoms. The highest BCUT2D eigenvalue weighted by Crippen LogP contribution is 2.23. The van der Waals surface area contributed by atoms with Crippen molar-refractivity contribution in [3.63, 3.8) is 0 Å². The van der Waals surface area contributed by atoms with Crippen LogP contribution in [0.1, 0.15) is 10.4 Å². The number of nitrogens with one attached hydrogen (secondary N) is 1. The number of benzene rings is 2. The summed E-state index contributed by atoms with van der Waals surface area (Å²) in [6, 6.07) is 7.37. The Balaban J connectivity index is 2.27. The number of non-ortho nitro benzene ring substituents is 1. The van der Waals surface area contributed by atoms with Crippen LogP contribution in [0.3, 0.4) is 0 Å². The molecule has 0 aliphatic carbocycles. The minimum atomic E-state index is -0.807. The van der Waals surface area contributed by atoms with E-state index < -0.39 is 22.3 Å². The van der Waals surface area contributed by atoms with Crippen molar-refractivity contribution in [3.05, 3.63) is 62.4 Å². The van der Waals surface area contributed by atoms with Crippen LogP contribution >= 0.6 is 15.9 Å². The molecule has 21 heavy (non-hydrogen) atoms. The molecule has 3 N–H and O–H groups in total. The number of carbonyl (C=O) groups excluding carboxylic acids is 1. The van der Waals surface area contributed by atoms with Crippen molar-refractivity contribution >= 4 is 38.9 Å². The summed E-state index contributed by atoms with van der Waals surface area (Å²) in [5.41, 5.74) is 5.92. The standard InChI is InChI=1S/C13H9BrFN3O3/c14-11-3-7(1-2-12(11)16)13(19)17-9-4-8(15)5-10(6-9)18(20)21/h1-6H,16H2,(H,17,19). The number of nitro benzene ring substituents is 1. The van der Waals surface area contributed by atoms with E-state index in [9.17, 15) is 19.3 Å². The summed E-state index contributed by atoms with van der Waals surface area (Å²) in [4.78, 5) is 21.9. The molecule has 0 fully saturated rings. The Labute approximate surface area is 127 Å². The van der Waals surface area contributed by atoms with Gasteiger partial charge in [0.2, 0.25) is 0 Å². The van der Waals surface area contributed by atoms with Crippen LogP contribution in [0, 0.1) is 15.9 Å². The van der Waals surface area contributed by atoms with E-state index in [2.05, 4.69) is 21.2 Å². The lowest BCUT2D eigenvalue weighted by Gasteiger charge is -2.07. The van der Waals surface area contributed by atoms with Gasteiger partial charge >= 0.3 is 0 Å². The summed E-state index contributed by atoms with van der Waals surface area (Å²) in [6.07, 6.45) is 0. The molecule has 2 aromatic rings. The van der Waals surface area contributed by atoms with E-state index in [1.54, 1.807) is 0 Å². The lowest BCUT2D eigenvalue weighted by atomic mass is 10.2. The van der Waals surface area contributed by atoms with Gasteiger partial charge in [-0.05, 0) is 40.2 Å². The van der Waals surface area contributed by atoms with Crippen LogP contribution in [0.2, 0.25) is 0 Å². The first kappa shape index (κ1) is 14.9. The first-order valence-corrected chi connectivity index (χ1v) is 6.47. The zero-order valence-electron chi connectivity index (χ0n) is 10.5. The van der Waals surface area contributed by atoms with Gasteiger partial charge in [-0.3, -0.25) is 14.9 Å². The number of hydrogen-bond acceptors (Lipinski definition) is 4. The quantitative estimate of drug-likeness (QED) is 0.502. The molecule has 0 aromatic heterocycles. The molecule has 0 heterocycles. The highest BCUT2D eigenvalue weighted by atomic mass is 79.9. The first-order chi connectivity index (χ1) is 9.86. The Morgan fingerprint density at radius 3 is 2.62 bits per heavy atom. The van der Waals surface area contributed by atoms with Gasteiger partial charge in [-0.25, -0.2) is 4.39 Å². The molecule has 0 saturated carbocycles. The second-order valence-corrected chi connectivity index (χ2v) is 5.00. The van der Waals surface area contributed by atoms with Gasteiger partial charge in [0, 0.05) is 21.8 Å². The van der Waals surface area contributed by atoms with Gasteiger partial charge in [0.1, 0.15) is 5.82 Å². The van der Waals surface area contributed by atoms with Gasteiger partial charge in [0.25, 0.3) is 11.6 Å². The molecule has 6 nitrogen and oxygen atoms in total. The van der Waals surface area contributed by atoms with Crippen molar-refractivity contribution in [2.75, 3.05) is 11.1 Å². The monoisotopic (exact) mass is 353 g/mol. The smallest absolute Gasteiger partial charge is 0.274 e. The second kappa shape index (κ2) is 5.88. The van der Waals surface area contributed by atoms with E-state index in [1.807, 2.05) is 0 Å². The van der Waals surface area contributed by atoms with Crippen molar-refractivity contribution < 1.29 is 14.1 Å². The lowest BCUT2D eigenvalue weighted by Crippen LogP contribution is -2.12. The zero-order chi connectivity index (χ0) is 15.6. The summed E-state index contributed by atoms with van der Waals surface area (Å²) in [7, 11) is 0. The predicted molar refractivity (Wildman–Crippen MR) is 79.6 cm³/mol. The highest BCUT2D eigenvalue weighted by Gasteiger charge is 2.13. The van der Waals surface area contributed by atoms with Crippen molar-refractivity contribution in [1.29, 1.82) is 0 Å². The van der Waals surface area contributed by atoms with E-state index >= 15 is 0 Å². The fourth-order valence-electron chi connectivity index (χ4n) is 1.62. The number of nitrogens with two attached hydrogens (primary N) is 1. The molecule has 2 rings (SSSR count). The van der Waals surface area contributed by atoms with Crippen LogP contribution in [-0.2, 0) is 0 Å². The van der Waals surface area contributed by atoms with Crippen LogP contribution < -0.4 is 11.1 Å². The van der Waals surface area contributed by atoms with E-state index in [0.29, 0.717) is 10.2 Å². The van der Waals surface area contributed by atoms with Crippen LogP contribution in [0.15, 0.2) is 40.9 Å². The van der Waals surface area contributed by atoms with Gasteiger partial charge in [-0.2, -0.15) is 0 Å². The lowest BCUT2D eigenvalue weighted by molar-refractivity contribution is -0.385. The van der Waals surface area contributed by atoms with Gasteiger partial charge < -0.3 is 11.1 Å². The topological polar surface area (TPSA) is 98.3 Å². The van der Waals surface area contributed by atoms with Gasteiger partial charge in [0.05, 0.1) is 16.7 Å². The molecule has 2 aromatic carbocycles. The van der Waals surface area contributed by atoms with Crippen molar-refractivity contribution in [2.45, 2.75) is 0 Å². The number of rotatable bonds is 3. The molecule has 0 radical (unpaired) electrons. The molecule has 1 amide bonds. The number of nitro groups is 1. The van der Waals surface area contributed by atoms with E-state index in [1.165, 1.54) is 18.2 Å². The first-order valence-electron chi connectivity index (χ1n) is 5.68. The van der Waals surface area contributed by atoms with Gasteiger partial charge in [-0.15, -0.1) is 0 Å². The Hall–Kier alpha value is -2.48. The number of anilines is 2. The average molecular weight is 354 g/mol. The summed E-state index contributed by atoms with van der Waals surface area (Å²) in [6.45, 7) is 0. The second-order valence-electron chi connectivity index (χ2n) is 4.15. The Morgan fingerprint density at radius 1 is 1.29 bits per heavy atom. The largest absolute Gasteiger partial charge is 0.398 e. The van der Waals surface area contributed by atoms with Crippen LogP contribution in [-0.4, -0.2) is 10.8 Å². The summed E-state index contributed by atoms with van der Waals surface area (Å²) in [5.74, 6) is -1.34. The fraction of sp³-hybridized carbons (Fsp3) is 0. The summed E-state index contributed by atoms with van der Waals surface area (Å²) in [5, 5.41) is 13.0. The maximum absolute atomic E-state index is 13.3. The van der Waals surface area contributed by atoms with Crippen molar-refractivity contribution in [1.82, 2.24) is 0 Å². The van der Waals surface area contributed by atoms with E-state index in [-0.39, 0.29) is 11.3 Å². The molecule has 0 atom stereocenters. The van der Waals surface area contributed by atoms with Crippen molar-refractivity contribution in [2.24, 2.45) is 0 Å². The Kier molecular flexibility index (Phi) is 4.18. The number of hydrogen-bond donors (Lipinski definition) is 2. The van der Waals surface area contributed by atoms with E-state index in [0.717, 1.165) is 18.2 Å². The number of amides is 1. The molecular weight excluding hydrogens is 345 g/mol. The predicted octanol–water partition coefficient (Wildman–Crippen LogP) is 3.33. The number of halogens is 2. The number of nitrogens with zero attached hydrogens (tertiary/aromatic N) is 1. The Morgan fingerprint density at radius 2 is 2.00 bits per heavy atom. The fourth-order valence-corrected chi connectivity index (χ4v) is 2.00.